The molecule has 0 radical (unpaired) electrons. The van der Waals surface area contributed by atoms with Crippen molar-refractivity contribution in [2.75, 3.05) is 18.1 Å². The molecule has 0 amide bonds. The van der Waals surface area contributed by atoms with E-state index < -0.39 is 0 Å². The topological polar surface area (TPSA) is 26.0 Å². The molecule has 0 aromatic heterocycles. The molecular formula is C8H15NS. The number of hydrogen-bond acceptors (Lipinski definition) is 2. The Morgan fingerprint density at radius 3 is 2.60 bits per heavy atom. The molecule has 2 unspecified atom stereocenters. The predicted octanol–water partition coefficient (Wildman–Crippen LogP) is 1.33. The summed E-state index contributed by atoms with van der Waals surface area (Å²) in [6, 6.07) is 0. The zero-order chi connectivity index (χ0) is 6.97. The minimum absolute atomic E-state index is 0.892. The minimum Gasteiger partial charge on any atom is -0.330 e. The Balaban J connectivity index is 1.69. The van der Waals surface area contributed by atoms with Crippen molar-refractivity contribution in [3.05, 3.63) is 0 Å². The molecule has 2 rings (SSSR count). The van der Waals surface area contributed by atoms with Gasteiger partial charge in [0.2, 0.25) is 0 Å². The Morgan fingerprint density at radius 2 is 2.00 bits per heavy atom. The van der Waals surface area contributed by atoms with Crippen LogP contribution >= 0.6 is 11.8 Å². The monoisotopic (exact) mass is 157 g/mol. The van der Waals surface area contributed by atoms with Gasteiger partial charge in [-0.25, -0.2) is 0 Å². The average Bonchev–Trinajstić information content (AvgIpc) is 2.46. The lowest BCUT2D eigenvalue weighted by Crippen LogP contribution is -2.00. The molecule has 0 spiro atoms. The first kappa shape index (κ1) is 6.99. The molecule has 2 aliphatic rings. The highest BCUT2D eigenvalue weighted by atomic mass is 32.2. The number of fused-ring (bicyclic) bond motifs is 1. The largest absolute Gasteiger partial charge is 0.330 e. The Hall–Kier alpha value is 0.310. The maximum absolute atomic E-state index is 5.45. The van der Waals surface area contributed by atoms with Gasteiger partial charge in [-0.1, -0.05) is 0 Å². The van der Waals surface area contributed by atoms with Gasteiger partial charge >= 0.3 is 0 Å². The first-order valence-corrected chi connectivity index (χ1v) is 5.37. The zero-order valence-electron chi connectivity index (χ0n) is 6.25. The van der Waals surface area contributed by atoms with Gasteiger partial charge in [0, 0.05) is 0 Å². The number of hydrogen-bond donors (Lipinski definition) is 1. The predicted molar refractivity (Wildman–Crippen MR) is 46.1 cm³/mol. The van der Waals surface area contributed by atoms with Gasteiger partial charge in [0.1, 0.15) is 0 Å². The van der Waals surface area contributed by atoms with E-state index in [-0.39, 0.29) is 0 Å². The van der Waals surface area contributed by atoms with Gasteiger partial charge in [-0.15, -0.1) is 0 Å². The van der Waals surface area contributed by atoms with Crippen LogP contribution in [0, 0.1) is 17.8 Å². The summed E-state index contributed by atoms with van der Waals surface area (Å²) >= 11 is 2.14. The molecule has 0 aromatic carbocycles. The highest BCUT2D eigenvalue weighted by molar-refractivity contribution is 7.99. The highest BCUT2D eigenvalue weighted by Gasteiger charge is 2.51. The molecule has 1 aliphatic carbocycles. The summed E-state index contributed by atoms with van der Waals surface area (Å²) in [5, 5.41) is 0. The SMILES string of the molecule is NCCCC1C2CSCC12. The summed E-state index contributed by atoms with van der Waals surface area (Å²) < 4.78 is 0. The summed E-state index contributed by atoms with van der Waals surface area (Å²) in [6.07, 6.45) is 2.66. The third-order valence-electron chi connectivity index (χ3n) is 2.87. The van der Waals surface area contributed by atoms with Crippen LogP contribution in [-0.4, -0.2) is 18.1 Å². The highest BCUT2D eigenvalue weighted by Crippen LogP contribution is 2.57. The molecule has 2 atom stereocenters. The number of nitrogens with two attached hydrogens (primary N) is 1. The Morgan fingerprint density at radius 1 is 1.30 bits per heavy atom. The van der Waals surface area contributed by atoms with Crippen LogP contribution in [0.15, 0.2) is 0 Å². The molecule has 2 fully saturated rings. The van der Waals surface area contributed by atoms with Gasteiger partial charge in [-0.2, -0.15) is 11.8 Å². The van der Waals surface area contributed by atoms with Gasteiger partial charge in [0.25, 0.3) is 0 Å². The number of thioether (sulfide) groups is 1. The molecule has 2 N–H and O–H groups in total. The lowest BCUT2D eigenvalue weighted by Gasteiger charge is -1.99. The van der Waals surface area contributed by atoms with Crippen molar-refractivity contribution >= 4 is 11.8 Å². The van der Waals surface area contributed by atoms with E-state index in [0.717, 1.165) is 24.3 Å². The minimum atomic E-state index is 0.892. The molecule has 1 heterocycles. The summed E-state index contributed by atoms with van der Waals surface area (Å²) in [5.74, 6) is 6.19. The molecule has 0 bridgehead atoms. The van der Waals surface area contributed by atoms with Crippen LogP contribution in [-0.2, 0) is 0 Å². The van der Waals surface area contributed by atoms with Crippen molar-refractivity contribution in [3.8, 4) is 0 Å². The van der Waals surface area contributed by atoms with E-state index in [0.29, 0.717) is 0 Å². The molecule has 0 aromatic rings. The number of rotatable bonds is 3. The first-order valence-electron chi connectivity index (χ1n) is 4.21. The van der Waals surface area contributed by atoms with Crippen molar-refractivity contribution in [3.63, 3.8) is 0 Å². The quantitative estimate of drug-likeness (QED) is 0.669. The van der Waals surface area contributed by atoms with Crippen LogP contribution in [0.2, 0.25) is 0 Å². The zero-order valence-corrected chi connectivity index (χ0v) is 7.07. The lowest BCUT2D eigenvalue weighted by atomic mass is 10.2. The third kappa shape index (κ3) is 1.08. The van der Waals surface area contributed by atoms with Crippen LogP contribution in [0.5, 0.6) is 0 Å². The Kier molecular flexibility index (Phi) is 1.92. The Labute approximate surface area is 66.7 Å². The van der Waals surface area contributed by atoms with E-state index >= 15 is 0 Å². The second kappa shape index (κ2) is 2.74. The van der Waals surface area contributed by atoms with Gasteiger partial charge in [0.15, 0.2) is 0 Å². The smallest absolute Gasteiger partial charge is 0.00332 e. The van der Waals surface area contributed by atoms with Crippen LogP contribution < -0.4 is 5.73 Å². The molecular weight excluding hydrogens is 142 g/mol. The second-order valence-electron chi connectivity index (χ2n) is 3.46. The van der Waals surface area contributed by atoms with Crippen LogP contribution in [0.4, 0.5) is 0 Å². The summed E-state index contributed by atoms with van der Waals surface area (Å²) in [5.41, 5.74) is 5.45. The van der Waals surface area contributed by atoms with Crippen molar-refractivity contribution in [1.82, 2.24) is 0 Å². The third-order valence-corrected chi connectivity index (χ3v) is 4.11. The maximum atomic E-state index is 5.45. The van der Waals surface area contributed by atoms with Crippen molar-refractivity contribution < 1.29 is 0 Å². The molecule has 2 heteroatoms. The second-order valence-corrected chi connectivity index (χ2v) is 4.53. The molecule has 1 saturated carbocycles. The normalized spacial score (nSPS) is 43.5. The van der Waals surface area contributed by atoms with Crippen LogP contribution in [0.25, 0.3) is 0 Å². The molecule has 1 saturated heterocycles. The molecule has 58 valence electrons. The fraction of sp³-hybridized carbons (Fsp3) is 1.00. The van der Waals surface area contributed by atoms with Crippen molar-refractivity contribution in [1.29, 1.82) is 0 Å². The maximum Gasteiger partial charge on any atom is -0.00332 e. The summed E-state index contributed by atoms with van der Waals surface area (Å²) in [4.78, 5) is 0. The standard InChI is InChI=1S/C8H15NS/c9-3-1-2-6-7-4-10-5-8(6)7/h6-8H,1-5,9H2. The van der Waals surface area contributed by atoms with Gasteiger partial charge in [-0.3, -0.25) is 0 Å². The van der Waals surface area contributed by atoms with E-state index in [2.05, 4.69) is 11.8 Å². The fourth-order valence-electron chi connectivity index (χ4n) is 2.14. The molecule has 1 nitrogen and oxygen atoms in total. The lowest BCUT2D eigenvalue weighted by molar-refractivity contribution is 0.620. The van der Waals surface area contributed by atoms with E-state index in [1.165, 1.54) is 24.3 Å². The van der Waals surface area contributed by atoms with Gasteiger partial charge in [0.05, 0.1) is 0 Å². The van der Waals surface area contributed by atoms with Crippen LogP contribution in [0.3, 0.4) is 0 Å². The summed E-state index contributed by atoms with van der Waals surface area (Å²) in [7, 11) is 0. The molecule has 10 heavy (non-hydrogen) atoms. The van der Waals surface area contributed by atoms with E-state index in [1.807, 2.05) is 0 Å². The summed E-state index contributed by atoms with van der Waals surface area (Å²) in [6.45, 7) is 0.892. The van der Waals surface area contributed by atoms with Gasteiger partial charge < -0.3 is 5.73 Å². The first-order chi connectivity index (χ1) is 4.93. The van der Waals surface area contributed by atoms with E-state index in [4.69, 9.17) is 5.73 Å². The van der Waals surface area contributed by atoms with Crippen molar-refractivity contribution in [2.24, 2.45) is 23.5 Å². The average molecular weight is 157 g/mol. The molecule has 1 aliphatic heterocycles. The van der Waals surface area contributed by atoms with E-state index in [1.54, 1.807) is 0 Å². The van der Waals surface area contributed by atoms with Crippen LogP contribution in [0.1, 0.15) is 12.8 Å². The van der Waals surface area contributed by atoms with Gasteiger partial charge in [-0.05, 0) is 48.6 Å². The van der Waals surface area contributed by atoms with E-state index in [9.17, 15) is 0 Å². The Bertz CT molecular complexity index is 116. The van der Waals surface area contributed by atoms with Crippen molar-refractivity contribution in [2.45, 2.75) is 12.8 Å². The fourth-order valence-corrected chi connectivity index (χ4v) is 3.81.